The highest BCUT2D eigenvalue weighted by Crippen LogP contribution is 2.29. The molecule has 3 aromatic rings. The zero-order valence-electron chi connectivity index (χ0n) is 15.8. The summed E-state index contributed by atoms with van der Waals surface area (Å²) in [6.07, 6.45) is 2.87. The molecule has 6 nitrogen and oxygen atoms in total. The maximum absolute atomic E-state index is 12.6. The SMILES string of the molecule is CC(=O)Nc1ccc(C(=O)Oc2cccc3[nH]cc(CC[NH+](C)C)c23)cc1. The second-order valence-electron chi connectivity index (χ2n) is 6.85. The molecule has 0 saturated carbocycles. The molecule has 3 rings (SSSR count). The second kappa shape index (κ2) is 8.05. The highest BCUT2D eigenvalue weighted by atomic mass is 16.5. The quantitative estimate of drug-likeness (QED) is 0.462. The maximum Gasteiger partial charge on any atom is 0.343 e. The van der Waals surface area contributed by atoms with E-state index in [4.69, 9.17) is 4.74 Å². The maximum atomic E-state index is 12.6. The number of aromatic nitrogens is 1. The molecule has 1 amide bonds. The van der Waals surface area contributed by atoms with E-state index in [1.54, 1.807) is 24.3 Å². The first kappa shape index (κ1) is 18.7. The van der Waals surface area contributed by atoms with Crippen LogP contribution in [0.3, 0.4) is 0 Å². The fourth-order valence-corrected chi connectivity index (χ4v) is 2.94. The summed E-state index contributed by atoms with van der Waals surface area (Å²) < 4.78 is 5.69. The van der Waals surface area contributed by atoms with Gasteiger partial charge in [0.15, 0.2) is 0 Å². The zero-order chi connectivity index (χ0) is 19.4. The summed E-state index contributed by atoms with van der Waals surface area (Å²) in [5.41, 5.74) is 3.15. The third-order valence-electron chi connectivity index (χ3n) is 4.29. The Bertz CT molecular complexity index is 958. The largest absolute Gasteiger partial charge is 0.422 e. The van der Waals surface area contributed by atoms with Gasteiger partial charge in [-0.25, -0.2) is 4.79 Å². The average Bonchev–Trinajstić information content (AvgIpc) is 3.04. The van der Waals surface area contributed by atoms with Crippen LogP contribution in [-0.2, 0) is 11.2 Å². The number of ether oxygens (including phenoxy) is 1. The number of rotatable bonds is 6. The lowest BCUT2D eigenvalue weighted by Crippen LogP contribution is -3.05. The molecule has 140 valence electrons. The van der Waals surface area contributed by atoms with Gasteiger partial charge in [0.05, 0.1) is 26.2 Å². The van der Waals surface area contributed by atoms with Crippen LogP contribution < -0.4 is 15.0 Å². The van der Waals surface area contributed by atoms with E-state index in [-0.39, 0.29) is 5.91 Å². The molecule has 0 spiro atoms. The van der Waals surface area contributed by atoms with E-state index < -0.39 is 5.97 Å². The molecule has 1 heterocycles. The third kappa shape index (κ3) is 4.54. The van der Waals surface area contributed by atoms with Crippen LogP contribution in [-0.4, -0.2) is 37.5 Å². The van der Waals surface area contributed by atoms with Crippen molar-refractivity contribution in [1.82, 2.24) is 4.98 Å². The van der Waals surface area contributed by atoms with E-state index in [1.165, 1.54) is 11.8 Å². The Morgan fingerprint density at radius 3 is 2.52 bits per heavy atom. The summed E-state index contributed by atoms with van der Waals surface area (Å²) in [4.78, 5) is 28.3. The molecule has 0 aliphatic rings. The molecule has 0 radical (unpaired) electrons. The average molecular weight is 366 g/mol. The summed E-state index contributed by atoms with van der Waals surface area (Å²) in [5.74, 6) is -0.0349. The minimum Gasteiger partial charge on any atom is -0.422 e. The van der Waals surface area contributed by atoms with Crippen molar-refractivity contribution in [1.29, 1.82) is 0 Å². The van der Waals surface area contributed by atoms with Crippen molar-refractivity contribution in [3.05, 3.63) is 59.8 Å². The van der Waals surface area contributed by atoms with Crippen molar-refractivity contribution < 1.29 is 19.2 Å². The Labute approximate surface area is 158 Å². The van der Waals surface area contributed by atoms with Gasteiger partial charge in [-0.05, 0) is 42.0 Å². The Morgan fingerprint density at radius 1 is 1.11 bits per heavy atom. The standard InChI is InChI=1S/C21H23N3O3/c1-14(25)23-17-9-7-15(8-10-17)21(26)27-19-6-4-5-18-20(19)16(13-22-18)11-12-24(2)3/h4-10,13,22H,11-12H2,1-3H3,(H,23,25)/p+1. The number of amides is 1. The highest BCUT2D eigenvalue weighted by Gasteiger charge is 2.15. The van der Waals surface area contributed by atoms with Gasteiger partial charge in [-0.1, -0.05) is 6.07 Å². The topological polar surface area (TPSA) is 75.6 Å². The van der Waals surface area contributed by atoms with Crippen molar-refractivity contribution in [2.75, 3.05) is 26.0 Å². The normalized spacial score (nSPS) is 11.0. The Kier molecular flexibility index (Phi) is 5.57. The highest BCUT2D eigenvalue weighted by molar-refractivity contribution is 5.96. The van der Waals surface area contributed by atoms with E-state index in [0.29, 0.717) is 17.0 Å². The van der Waals surface area contributed by atoms with Gasteiger partial charge >= 0.3 is 5.97 Å². The smallest absolute Gasteiger partial charge is 0.343 e. The van der Waals surface area contributed by atoms with Crippen LogP contribution in [0.5, 0.6) is 5.75 Å². The molecule has 1 aromatic heterocycles. The number of hydrogen-bond acceptors (Lipinski definition) is 3. The first-order valence-corrected chi connectivity index (χ1v) is 8.92. The number of carbonyl (C=O) groups excluding carboxylic acids is 2. The minimum absolute atomic E-state index is 0.156. The molecule has 3 N–H and O–H groups in total. The molecule has 0 aliphatic heterocycles. The number of esters is 1. The molecule has 6 heteroatoms. The van der Waals surface area contributed by atoms with Gasteiger partial charge in [-0.2, -0.15) is 0 Å². The number of carbonyl (C=O) groups is 2. The number of quaternary nitrogens is 1. The van der Waals surface area contributed by atoms with Gasteiger partial charge in [-0.3, -0.25) is 4.79 Å². The molecule has 0 unspecified atom stereocenters. The van der Waals surface area contributed by atoms with Crippen molar-refractivity contribution in [3.8, 4) is 5.75 Å². The summed E-state index contributed by atoms with van der Waals surface area (Å²) in [6.45, 7) is 2.43. The predicted octanol–water partition coefficient (Wildman–Crippen LogP) is 2.03. The van der Waals surface area contributed by atoms with E-state index in [2.05, 4.69) is 24.4 Å². The van der Waals surface area contributed by atoms with Crippen molar-refractivity contribution in [2.24, 2.45) is 0 Å². The van der Waals surface area contributed by atoms with E-state index >= 15 is 0 Å². The Hall–Kier alpha value is -3.12. The lowest BCUT2D eigenvalue weighted by atomic mass is 10.1. The van der Waals surface area contributed by atoms with Gasteiger partial charge in [-0.15, -0.1) is 0 Å². The molecule has 0 saturated heterocycles. The predicted molar refractivity (Wildman–Crippen MR) is 105 cm³/mol. The van der Waals surface area contributed by atoms with Crippen molar-refractivity contribution in [2.45, 2.75) is 13.3 Å². The number of nitrogens with one attached hydrogen (secondary N) is 3. The summed E-state index contributed by atoms with van der Waals surface area (Å²) in [7, 11) is 4.22. The summed E-state index contributed by atoms with van der Waals surface area (Å²) >= 11 is 0. The van der Waals surface area contributed by atoms with Crippen LogP contribution >= 0.6 is 0 Å². The molecule has 0 aliphatic carbocycles. The molecule has 27 heavy (non-hydrogen) atoms. The Balaban J connectivity index is 1.82. The Morgan fingerprint density at radius 2 is 1.85 bits per heavy atom. The lowest BCUT2D eigenvalue weighted by molar-refractivity contribution is -0.858. The van der Waals surface area contributed by atoms with E-state index in [0.717, 1.165) is 29.4 Å². The molecule has 2 aromatic carbocycles. The van der Waals surface area contributed by atoms with Gasteiger partial charge in [0, 0.05) is 36.1 Å². The minimum atomic E-state index is -0.428. The fourth-order valence-electron chi connectivity index (χ4n) is 2.94. The van der Waals surface area contributed by atoms with Gasteiger partial charge in [0.25, 0.3) is 0 Å². The molecule has 0 fully saturated rings. The lowest BCUT2D eigenvalue weighted by Gasteiger charge is -2.09. The molecular formula is C21H24N3O3+. The van der Waals surface area contributed by atoms with Crippen LogP contribution in [0.4, 0.5) is 5.69 Å². The third-order valence-corrected chi connectivity index (χ3v) is 4.29. The van der Waals surface area contributed by atoms with Gasteiger partial charge in [0.1, 0.15) is 5.75 Å². The van der Waals surface area contributed by atoms with Gasteiger partial charge < -0.3 is 19.9 Å². The summed E-state index contributed by atoms with van der Waals surface area (Å²) in [6, 6.07) is 12.3. The number of fused-ring (bicyclic) bond motifs is 1. The number of benzene rings is 2. The van der Waals surface area contributed by atoms with Crippen molar-refractivity contribution >= 4 is 28.5 Å². The first-order chi connectivity index (χ1) is 12.9. The number of anilines is 1. The first-order valence-electron chi connectivity index (χ1n) is 8.92. The fraction of sp³-hybridized carbons (Fsp3) is 0.238. The second-order valence-corrected chi connectivity index (χ2v) is 6.85. The number of likely N-dealkylation sites (N-methyl/N-ethyl adjacent to an activating group) is 1. The van der Waals surface area contributed by atoms with E-state index in [1.807, 2.05) is 24.4 Å². The molecule has 0 atom stereocenters. The van der Waals surface area contributed by atoms with Crippen LogP contribution in [0.15, 0.2) is 48.7 Å². The van der Waals surface area contributed by atoms with Gasteiger partial charge in [0.2, 0.25) is 5.91 Å². The van der Waals surface area contributed by atoms with Crippen LogP contribution in [0, 0.1) is 0 Å². The number of hydrogen-bond donors (Lipinski definition) is 3. The van der Waals surface area contributed by atoms with Crippen LogP contribution in [0.1, 0.15) is 22.8 Å². The zero-order valence-corrected chi connectivity index (χ0v) is 15.8. The molecular weight excluding hydrogens is 342 g/mol. The number of H-pyrrole nitrogens is 1. The van der Waals surface area contributed by atoms with E-state index in [9.17, 15) is 9.59 Å². The monoisotopic (exact) mass is 366 g/mol. The van der Waals surface area contributed by atoms with Crippen LogP contribution in [0.2, 0.25) is 0 Å². The molecule has 0 bridgehead atoms. The summed E-state index contributed by atoms with van der Waals surface area (Å²) in [5, 5.41) is 3.62. The van der Waals surface area contributed by atoms with Crippen molar-refractivity contribution in [3.63, 3.8) is 0 Å². The van der Waals surface area contributed by atoms with Crippen LogP contribution in [0.25, 0.3) is 10.9 Å². The number of aromatic amines is 1.